The molecule has 0 bridgehead atoms. The molecular formula is C21H32Cl2N4O2. The largest absolute Gasteiger partial charge is 0.489 e. The summed E-state index contributed by atoms with van der Waals surface area (Å²) in [5.41, 5.74) is 5.81. The van der Waals surface area contributed by atoms with Gasteiger partial charge in [-0.3, -0.25) is 0 Å². The fraction of sp³-hybridized carbons (Fsp3) is 0.429. The minimum atomic E-state index is -0.555. The number of benzene rings is 2. The number of aliphatic hydroxyl groups is 1. The van der Waals surface area contributed by atoms with Gasteiger partial charge in [0, 0.05) is 32.4 Å². The second kappa shape index (κ2) is 12.0. The molecule has 0 radical (unpaired) electrons. The molecule has 0 aromatic heterocycles. The van der Waals surface area contributed by atoms with E-state index in [4.69, 9.17) is 4.74 Å². The summed E-state index contributed by atoms with van der Waals surface area (Å²) in [5, 5.41) is 20.2. The zero-order chi connectivity index (χ0) is 19.2. The Balaban J connectivity index is 0.00000210. The lowest BCUT2D eigenvalue weighted by Crippen LogP contribution is -2.34. The van der Waals surface area contributed by atoms with Crippen LogP contribution in [-0.4, -0.2) is 51.2 Å². The van der Waals surface area contributed by atoms with Gasteiger partial charge in [-0.15, -0.1) is 24.8 Å². The SMILES string of the molecule is Cc1cccc(C)c1NCCNCC(O)COc1cccc2c1N(C)CN2.Cl.Cl. The van der Waals surface area contributed by atoms with Crippen molar-refractivity contribution >= 4 is 41.9 Å². The Morgan fingerprint density at radius 2 is 1.79 bits per heavy atom. The first-order valence-electron chi connectivity index (χ1n) is 9.46. The van der Waals surface area contributed by atoms with Gasteiger partial charge in [-0.05, 0) is 37.1 Å². The van der Waals surface area contributed by atoms with E-state index in [2.05, 4.69) is 52.9 Å². The molecule has 0 aliphatic carbocycles. The van der Waals surface area contributed by atoms with Crippen molar-refractivity contribution in [2.24, 2.45) is 0 Å². The number of hydrogen-bond donors (Lipinski definition) is 4. The van der Waals surface area contributed by atoms with Crippen LogP contribution in [0.3, 0.4) is 0 Å². The molecule has 1 aliphatic heterocycles. The fourth-order valence-corrected chi connectivity index (χ4v) is 3.34. The van der Waals surface area contributed by atoms with Crippen molar-refractivity contribution in [3.63, 3.8) is 0 Å². The smallest absolute Gasteiger partial charge is 0.144 e. The highest BCUT2D eigenvalue weighted by Crippen LogP contribution is 2.38. The first-order chi connectivity index (χ1) is 13.1. The van der Waals surface area contributed by atoms with Crippen LogP contribution in [-0.2, 0) is 0 Å². The first-order valence-corrected chi connectivity index (χ1v) is 9.46. The monoisotopic (exact) mass is 442 g/mol. The van der Waals surface area contributed by atoms with Crippen molar-refractivity contribution in [2.75, 3.05) is 55.5 Å². The van der Waals surface area contributed by atoms with Gasteiger partial charge in [-0.2, -0.15) is 0 Å². The Hall–Kier alpha value is -1.86. The second-order valence-corrected chi connectivity index (χ2v) is 7.05. The molecule has 3 rings (SSSR count). The highest BCUT2D eigenvalue weighted by atomic mass is 35.5. The number of fused-ring (bicyclic) bond motifs is 1. The maximum atomic E-state index is 10.2. The molecule has 8 heteroatoms. The quantitative estimate of drug-likeness (QED) is 0.446. The molecule has 2 aromatic carbocycles. The number of nitrogens with one attached hydrogen (secondary N) is 3. The number of aryl methyl sites for hydroxylation is 2. The summed E-state index contributed by atoms with van der Waals surface area (Å²) in [7, 11) is 2.02. The third-order valence-electron chi connectivity index (χ3n) is 4.78. The zero-order valence-electron chi connectivity index (χ0n) is 17.2. The van der Waals surface area contributed by atoms with E-state index >= 15 is 0 Å². The molecule has 6 nitrogen and oxygen atoms in total. The molecule has 29 heavy (non-hydrogen) atoms. The Bertz CT molecular complexity index is 756. The molecule has 0 amide bonds. The Morgan fingerprint density at radius 1 is 1.10 bits per heavy atom. The molecule has 1 heterocycles. The average molecular weight is 443 g/mol. The van der Waals surface area contributed by atoms with Crippen molar-refractivity contribution in [1.29, 1.82) is 0 Å². The van der Waals surface area contributed by atoms with Crippen LogP contribution in [0.2, 0.25) is 0 Å². The van der Waals surface area contributed by atoms with Gasteiger partial charge in [0.05, 0.1) is 12.4 Å². The van der Waals surface area contributed by atoms with Crippen LogP contribution in [0.15, 0.2) is 36.4 Å². The van der Waals surface area contributed by atoms with E-state index in [0.29, 0.717) is 6.54 Å². The molecule has 1 atom stereocenters. The van der Waals surface area contributed by atoms with Gasteiger partial charge in [-0.25, -0.2) is 0 Å². The maximum absolute atomic E-state index is 10.2. The van der Waals surface area contributed by atoms with E-state index in [0.717, 1.165) is 36.9 Å². The number of aliphatic hydroxyl groups excluding tert-OH is 1. The van der Waals surface area contributed by atoms with Gasteiger partial charge in [0.1, 0.15) is 24.1 Å². The van der Waals surface area contributed by atoms with Crippen LogP contribution in [0.1, 0.15) is 11.1 Å². The molecule has 162 valence electrons. The lowest BCUT2D eigenvalue weighted by atomic mass is 10.1. The highest BCUT2D eigenvalue weighted by molar-refractivity contribution is 5.85. The summed E-state index contributed by atoms with van der Waals surface area (Å²) in [4.78, 5) is 2.11. The summed E-state index contributed by atoms with van der Waals surface area (Å²) in [6, 6.07) is 12.2. The van der Waals surface area contributed by atoms with Crippen molar-refractivity contribution in [3.8, 4) is 5.75 Å². The topological polar surface area (TPSA) is 68.8 Å². The summed E-state index contributed by atoms with van der Waals surface area (Å²) in [6.45, 7) is 7.33. The Labute approximate surface area is 185 Å². The van der Waals surface area contributed by atoms with Crippen LogP contribution >= 0.6 is 24.8 Å². The second-order valence-electron chi connectivity index (χ2n) is 7.05. The van der Waals surface area contributed by atoms with Crippen molar-refractivity contribution < 1.29 is 9.84 Å². The number of nitrogens with zero attached hydrogens (tertiary/aromatic N) is 1. The molecular weight excluding hydrogens is 411 g/mol. The molecule has 0 saturated carbocycles. The zero-order valence-corrected chi connectivity index (χ0v) is 18.8. The number of rotatable bonds is 9. The molecule has 0 saturated heterocycles. The van der Waals surface area contributed by atoms with Gasteiger partial charge < -0.3 is 30.7 Å². The van der Waals surface area contributed by atoms with Gasteiger partial charge in [-0.1, -0.05) is 24.3 Å². The van der Waals surface area contributed by atoms with Crippen LogP contribution in [0.5, 0.6) is 5.75 Å². The van der Waals surface area contributed by atoms with E-state index in [1.165, 1.54) is 16.8 Å². The van der Waals surface area contributed by atoms with Crippen molar-refractivity contribution in [3.05, 3.63) is 47.5 Å². The van der Waals surface area contributed by atoms with E-state index in [9.17, 15) is 5.11 Å². The molecule has 0 spiro atoms. The van der Waals surface area contributed by atoms with Crippen LogP contribution in [0.4, 0.5) is 17.1 Å². The molecule has 2 aromatic rings. The molecule has 1 aliphatic rings. The highest BCUT2D eigenvalue weighted by Gasteiger charge is 2.20. The number of hydrogen-bond acceptors (Lipinski definition) is 6. The van der Waals surface area contributed by atoms with E-state index in [-0.39, 0.29) is 31.4 Å². The molecule has 4 N–H and O–H groups in total. The van der Waals surface area contributed by atoms with E-state index in [1.807, 2.05) is 25.2 Å². The molecule has 0 fully saturated rings. The number of anilines is 3. The number of halogens is 2. The van der Waals surface area contributed by atoms with Gasteiger partial charge in [0.15, 0.2) is 0 Å². The van der Waals surface area contributed by atoms with E-state index < -0.39 is 6.10 Å². The maximum Gasteiger partial charge on any atom is 0.144 e. The van der Waals surface area contributed by atoms with Crippen LogP contribution < -0.4 is 25.6 Å². The average Bonchev–Trinajstić information content (AvgIpc) is 3.03. The first kappa shape index (κ1) is 25.2. The van der Waals surface area contributed by atoms with Crippen molar-refractivity contribution in [1.82, 2.24) is 5.32 Å². The fourth-order valence-electron chi connectivity index (χ4n) is 3.34. The minimum Gasteiger partial charge on any atom is -0.489 e. The van der Waals surface area contributed by atoms with Gasteiger partial charge in [0.25, 0.3) is 0 Å². The van der Waals surface area contributed by atoms with Gasteiger partial charge >= 0.3 is 0 Å². The third kappa shape index (κ3) is 6.57. The van der Waals surface area contributed by atoms with Gasteiger partial charge in [0.2, 0.25) is 0 Å². The van der Waals surface area contributed by atoms with Crippen LogP contribution in [0.25, 0.3) is 0 Å². The summed E-state index contributed by atoms with van der Waals surface area (Å²) < 4.78 is 5.85. The minimum absolute atomic E-state index is 0. The number of ether oxygens (including phenoxy) is 1. The van der Waals surface area contributed by atoms with Crippen LogP contribution in [0, 0.1) is 13.8 Å². The Morgan fingerprint density at radius 3 is 2.52 bits per heavy atom. The lowest BCUT2D eigenvalue weighted by Gasteiger charge is -2.18. The van der Waals surface area contributed by atoms with E-state index in [1.54, 1.807) is 0 Å². The predicted molar refractivity (Wildman–Crippen MR) is 127 cm³/mol. The predicted octanol–water partition coefficient (Wildman–Crippen LogP) is 3.41. The standard InChI is InChI=1S/C21H30N4O2.2ClH/c1-15-6-4-7-16(2)20(15)23-11-10-22-12-17(26)13-27-19-9-5-8-18-21(19)25(3)14-24-18;;/h4-9,17,22-24,26H,10-14H2,1-3H3;2*1H. The summed E-state index contributed by atoms with van der Waals surface area (Å²) in [5.74, 6) is 0.802. The molecule has 1 unspecified atom stereocenters. The summed E-state index contributed by atoms with van der Waals surface area (Å²) in [6.07, 6.45) is -0.555. The van der Waals surface area contributed by atoms with Crippen molar-refractivity contribution in [2.45, 2.75) is 20.0 Å². The Kier molecular flexibility index (Phi) is 10.4. The normalized spacial score (nSPS) is 12.9. The third-order valence-corrected chi connectivity index (χ3v) is 4.78. The number of para-hydroxylation sites is 2. The summed E-state index contributed by atoms with van der Waals surface area (Å²) >= 11 is 0. The lowest BCUT2D eigenvalue weighted by molar-refractivity contribution is 0.107.